The summed E-state index contributed by atoms with van der Waals surface area (Å²) < 4.78 is 29.1. The van der Waals surface area contributed by atoms with Crippen LogP contribution in [0.4, 0.5) is 0 Å². The smallest absolute Gasteiger partial charge is 0.859 e. The van der Waals surface area contributed by atoms with Crippen molar-refractivity contribution in [3.05, 3.63) is 12.2 Å². The minimum Gasteiger partial charge on any atom is -0.859 e. The Labute approximate surface area is 152 Å². The van der Waals surface area contributed by atoms with Crippen LogP contribution in [-0.4, -0.2) is 31.2 Å². The molecule has 0 unspecified atom stereocenters. The number of aliphatic imine (C=N–C) groups is 1. The molecule has 0 amide bonds. The molecule has 0 heterocycles. The van der Waals surface area contributed by atoms with Crippen molar-refractivity contribution in [1.29, 1.82) is 0 Å². The average molecular weight is 301 g/mol. The third kappa shape index (κ3) is 16.8. The number of hydrogen-bond donors (Lipinski definition) is 1. The standard InChI is InChI=1S/C11H21NO4S.K/c1-2-3-4-5-6-7-8-11(13)12-9-10-17(14,15)16;/h7-8H,2-6,9-10H2,1H3,(H,12,13)(H,14,15,16);/q;+1/p-1/b8-7+;. The van der Waals surface area contributed by atoms with Gasteiger partial charge in [-0.15, -0.1) is 0 Å². The Bertz CT molecular complexity index is 352. The molecule has 1 N–H and O–H groups in total. The molecule has 0 atom stereocenters. The van der Waals surface area contributed by atoms with E-state index in [1.807, 2.05) is 0 Å². The van der Waals surface area contributed by atoms with Crippen molar-refractivity contribution in [1.82, 2.24) is 0 Å². The second kappa shape index (κ2) is 12.8. The zero-order valence-electron chi connectivity index (χ0n) is 11.1. The Morgan fingerprint density at radius 3 is 2.56 bits per heavy atom. The van der Waals surface area contributed by atoms with Crippen molar-refractivity contribution >= 4 is 16.0 Å². The van der Waals surface area contributed by atoms with Crippen LogP contribution in [0, 0.1) is 0 Å². The van der Waals surface area contributed by atoms with E-state index in [0.717, 1.165) is 19.3 Å². The minimum absolute atomic E-state index is 0. The van der Waals surface area contributed by atoms with Crippen LogP contribution < -0.4 is 56.5 Å². The number of allylic oxidation sites excluding steroid dienone is 1. The molecule has 7 heteroatoms. The van der Waals surface area contributed by atoms with Gasteiger partial charge in [0.25, 0.3) is 10.1 Å². The normalized spacial score (nSPS) is 12.7. The molecule has 0 aliphatic heterocycles. The first-order valence-corrected chi connectivity index (χ1v) is 7.40. The van der Waals surface area contributed by atoms with E-state index in [2.05, 4.69) is 11.9 Å². The van der Waals surface area contributed by atoms with E-state index < -0.39 is 21.8 Å². The van der Waals surface area contributed by atoms with Crippen LogP contribution in [0.5, 0.6) is 0 Å². The molecule has 0 rings (SSSR count). The van der Waals surface area contributed by atoms with Crippen molar-refractivity contribution < 1.29 is 69.5 Å². The molecule has 100 valence electrons. The first-order valence-electron chi connectivity index (χ1n) is 5.79. The third-order valence-electron chi connectivity index (χ3n) is 2.10. The molecule has 0 fully saturated rings. The van der Waals surface area contributed by atoms with Gasteiger partial charge in [0.1, 0.15) is 0 Å². The number of unbranched alkanes of at least 4 members (excludes halogenated alkanes) is 4. The van der Waals surface area contributed by atoms with Crippen molar-refractivity contribution in [2.75, 3.05) is 12.3 Å². The van der Waals surface area contributed by atoms with Gasteiger partial charge in [-0.1, -0.05) is 38.3 Å². The predicted molar refractivity (Wildman–Crippen MR) is 66.6 cm³/mol. The van der Waals surface area contributed by atoms with Crippen LogP contribution in [0.3, 0.4) is 0 Å². The molecule has 0 spiro atoms. The van der Waals surface area contributed by atoms with Crippen LogP contribution in [-0.2, 0) is 10.1 Å². The maximum Gasteiger partial charge on any atom is 1.00 e. The second-order valence-corrected chi connectivity index (χ2v) is 5.33. The van der Waals surface area contributed by atoms with Gasteiger partial charge in [-0.3, -0.25) is 9.55 Å². The summed E-state index contributed by atoms with van der Waals surface area (Å²) in [6.45, 7) is 1.94. The Morgan fingerprint density at radius 1 is 1.33 bits per heavy atom. The quantitative estimate of drug-likeness (QED) is 0.178. The maximum atomic E-state index is 11.1. The Hall–Kier alpha value is 0.756. The molecule has 0 aromatic heterocycles. The Balaban J connectivity index is 0. The summed E-state index contributed by atoms with van der Waals surface area (Å²) in [5, 5.41) is 11.1. The van der Waals surface area contributed by atoms with E-state index in [4.69, 9.17) is 4.55 Å². The summed E-state index contributed by atoms with van der Waals surface area (Å²) in [7, 11) is -4.03. The van der Waals surface area contributed by atoms with Gasteiger partial charge in [-0.2, -0.15) is 8.42 Å². The summed E-state index contributed by atoms with van der Waals surface area (Å²) in [6.07, 6.45) is 8.48. The zero-order chi connectivity index (χ0) is 13.1. The molecule has 0 bridgehead atoms. The fourth-order valence-electron chi connectivity index (χ4n) is 1.20. The summed E-state index contributed by atoms with van der Waals surface area (Å²) in [5.74, 6) is -0.965. The molecule has 5 nitrogen and oxygen atoms in total. The third-order valence-corrected chi connectivity index (χ3v) is 2.80. The van der Waals surface area contributed by atoms with Gasteiger partial charge < -0.3 is 5.11 Å². The number of nitrogens with zero attached hydrogens (tertiary/aromatic N) is 1. The monoisotopic (exact) mass is 301 g/mol. The van der Waals surface area contributed by atoms with Crippen molar-refractivity contribution in [2.24, 2.45) is 4.99 Å². The van der Waals surface area contributed by atoms with Gasteiger partial charge in [0.2, 0.25) is 0 Å². The predicted octanol–water partition coefficient (Wildman–Crippen LogP) is -1.84. The molecule has 0 aliphatic carbocycles. The van der Waals surface area contributed by atoms with Crippen LogP contribution in [0.15, 0.2) is 17.1 Å². The van der Waals surface area contributed by atoms with Crippen molar-refractivity contribution in [3.8, 4) is 0 Å². The molecule has 0 aromatic rings. The molecular formula is C11H20KNO4S. The van der Waals surface area contributed by atoms with Crippen LogP contribution in [0.25, 0.3) is 0 Å². The molecule has 0 radical (unpaired) electrons. The number of hydrogen-bond acceptors (Lipinski definition) is 4. The first kappa shape index (κ1) is 21.1. The van der Waals surface area contributed by atoms with Crippen LogP contribution in [0.1, 0.15) is 39.0 Å². The fraction of sp³-hybridized carbons (Fsp3) is 0.727. The largest absolute Gasteiger partial charge is 1.00 e. The molecule has 0 saturated carbocycles. The molecule has 18 heavy (non-hydrogen) atoms. The van der Waals surface area contributed by atoms with E-state index >= 15 is 0 Å². The molecular weight excluding hydrogens is 281 g/mol. The minimum atomic E-state index is -4.03. The van der Waals surface area contributed by atoms with E-state index in [1.165, 1.54) is 18.9 Å². The fourth-order valence-corrected chi connectivity index (χ4v) is 1.52. The molecule has 0 saturated heterocycles. The van der Waals surface area contributed by atoms with Gasteiger partial charge in [-0.05, 0) is 18.7 Å². The summed E-state index contributed by atoms with van der Waals surface area (Å²) in [6, 6.07) is 0. The topological polar surface area (TPSA) is 89.8 Å². The summed E-state index contributed by atoms with van der Waals surface area (Å²) in [4.78, 5) is 3.48. The molecule has 0 aliphatic rings. The van der Waals surface area contributed by atoms with E-state index in [9.17, 15) is 13.5 Å². The van der Waals surface area contributed by atoms with Crippen molar-refractivity contribution in [2.45, 2.75) is 39.0 Å². The van der Waals surface area contributed by atoms with Crippen LogP contribution >= 0.6 is 0 Å². The average Bonchev–Trinajstić information content (AvgIpc) is 2.21. The SMILES string of the molecule is CCCCCC/C=C/C([O-])=NCCS(=O)(=O)O.[K+]. The van der Waals surface area contributed by atoms with Gasteiger partial charge in [0, 0.05) is 0 Å². The van der Waals surface area contributed by atoms with E-state index in [1.54, 1.807) is 6.08 Å². The second-order valence-electron chi connectivity index (χ2n) is 3.76. The van der Waals surface area contributed by atoms with Crippen LogP contribution in [0.2, 0.25) is 0 Å². The number of rotatable bonds is 9. The first-order chi connectivity index (χ1) is 7.95. The van der Waals surface area contributed by atoms with Gasteiger partial charge in [-0.25, -0.2) is 0 Å². The van der Waals surface area contributed by atoms with E-state index in [-0.39, 0.29) is 57.9 Å². The summed E-state index contributed by atoms with van der Waals surface area (Å²) >= 11 is 0. The molecule has 0 aromatic carbocycles. The van der Waals surface area contributed by atoms with Gasteiger partial charge >= 0.3 is 51.4 Å². The Kier molecular flexibility index (Phi) is 14.9. The van der Waals surface area contributed by atoms with Gasteiger partial charge in [0.05, 0.1) is 12.3 Å². The summed E-state index contributed by atoms with van der Waals surface area (Å²) in [5.41, 5.74) is 0. The zero-order valence-corrected chi connectivity index (χ0v) is 15.1. The Morgan fingerprint density at radius 2 is 2.00 bits per heavy atom. The maximum absolute atomic E-state index is 11.1. The van der Waals surface area contributed by atoms with Crippen molar-refractivity contribution in [3.63, 3.8) is 0 Å². The van der Waals surface area contributed by atoms with Gasteiger partial charge in [0.15, 0.2) is 0 Å². The van der Waals surface area contributed by atoms with E-state index in [0.29, 0.717) is 0 Å².